The lowest BCUT2D eigenvalue weighted by Gasteiger charge is -2.42. The van der Waals surface area contributed by atoms with E-state index in [0.29, 0.717) is 58.8 Å². The van der Waals surface area contributed by atoms with Crippen LogP contribution in [0.25, 0.3) is 11.1 Å². The molecular formula is C51H47Cl2N3O7. The Hall–Kier alpha value is -6.33. The van der Waals surface area contributed by atoms with Crippen LogP contribution in [0, 0.1) is 0 Å². The lowest BCUT2D eigenvalue weighted by molar-refractivity contribution is -0.143. The van der Waals surface area contributed by atoms with Crippen LogP contribution in [-0.2, 0) is 40.4 Å². The Balaban J connectivity index is 1.02. The largest absolute Gasteiger partial charge is 0.497 e. The van der Waals surface area contributed by atoms with Crippen molar-refractivity contribution in [3.63, 3.8) is 0 Å². The molecule has 0 saturated heterocycles. The van der Waals surface area contributed by atoms with E-state index in [9.17, 15) is 19.5 Å². The molecule has 10 nitrogen and oxygen atoms in total. The third-order valence-corrected chi connectivity index (χ3v) is 12.6. The van der Waals surface area contributed by atoms with E-state index in [-0.39, 0.29) is 24.3 Å². The molecule has 322 valence electrons. The molecule has 0 spiro atoms. The maximum absolute atomic E-state index is 14.5. The Morgan fingerprint density at radius 2 is 1.49 bits per heavy atom. The summed E-state index contributed by atoms with van der Waals surface area (Å²) < 4.78 is 17.7. The zero-order valence-corrected chi connectivity index (χ0v) is 36.6. The van der Waals surface area contributed by atoms with Gasteiger partial charge in [-0.05, 0) is 100 Å². The first kappa shape index (κ1) is 43.3. The number of fused-ring (bicyclic) bond motifs is 2. The topological polar surface area (TPSA) is 118 Å². The predicted octanol–water partition coefficient (Wildman–Crippen LogP) is 10.0. The molecule has 4 atom stereocenters. The molecular weight excluding hydrogens is 837 g/mol. The lowest BCUT2D eigenvalue weighted by atomic mass is 9.88. The molecule has 6 aromatic carbocycles. The molecule has 8 rings (SSSR count). The highest BCUT2D eigenvalue weighted by Gasteiger charge is 2.40. The van der Waals surface area contributed by atoms with Gasteiger partial charge >= 0.3 is 5.97 Å². The third-order valence-electron chi connectivity index (χ3n) is 11.9. The number of nitrogens with zero attached hydrogens (tertiary/aromatic N) is 2. The summed E-state index contributed by atoms with van der Waals surface area (Å²) in [6, 6.07) is 39.9. The van der Waals surface area contributed by atoms with Crippen LogP contribution in [0.2, 0.25) is 10.0 Å². The SMILES string of the molecule is CCC(c1ccccc1)N1Cc2cc3c(cc2CC1C(=O)N[C@@H](Cc1ccc(-c2ccc(OC)cc2)cc1)C(=O)O)N(C)C(=O)[C@@H](c1ccc(OCc2ccc(Cl)c(Cl)c2)cc1)O3. The van der Waals surface area contributed by atoms with Crippen molar-refractivity contribution in [2.75, 3.05) is 19.1 Å². The smallest absolute Gasteiger partial charge is 0.326 e. The summed E-state index contributed by atoms with van der Waals surface area (Å²) in [7, 11) is 3.35. The minimum atomic E-state index is -1.16. The fourth-order valence-corrected chi connectivity index (χ4v) is 8.75. The van der Waals surface area contributed by atoms with Crippen molar-refractivity contribution in [2.45, 2.75) is 63.6 Å². The summed E-state index contributed by atoms with van der Waals surface area (Å²) in [6.07, 6.45) is 0.231. The Bertz CT molecular complexity index is 2610. The summed E-state index contributed by atoms with van der Waals surface area (Å²) in [5.74, 6) is 0.202. The molecule has 6 aromatic rings. The number of rotatable bonds is 14. The molecule has 0 fully saturated rings. The maximum Gasteiger partial charge on any atom is 0.326 e. The second kappa shape index (κ2) is 19.0. The number of likely N-dealkylation sites (N-methyl/N-ethyl adjacent to an activating group) is 1. The number of methoxy groups -OCH3 is 1. The van der Waals surface area contributed by atoms with E-state index in [1.165, 1.54) is 0 Å². The zero-order valence-electron chi connectivity index (χ0n) is 35.1. The summed E-state index contributed by atoms with van der Waals surface area (Å²) in [5.41, 5.74) is 7.81. The van der Waals surface area contributed by atoms with Crippen LogP contribution >= 0.6 is 23.2 Å². The standard InChI is InChI=1S/C51H47Cl2N3O7/c1-4-44(35-8-6-5-7-9-35)56-29-38-28-47-45(55(2)50(58)48(63-47)36-17-21-40(22-18-36)62-30-32-12-23-41(52)42(53)24-32)26-37(38)27-46(56)49(57)54-43(51(59)60)25-31-10-13-33(14-11-31)34-15-19-39(61-3)20-16-34/h5-24,26,28,43-44,46,48H,4,25,27,29-30H2,1-3H3,(H,54,57)(H,59,60)/t43-,44?,46?,48+/m0/s1. The van der Waals surface area contributed by atoms with Crippen molar-refractivity contribution in [3.05, 3.63) is 177 Å². The number of carbonyl (C=O) groups excluding carboxylic acids is 2. The molecule has 0 bridgehead atoms. The number of hydrogen-bond acceptors (Lipinski definition) is 7. The van der Waals surface area contributed by atoms with E-state index in [0.717, 1.165) is 44.7 Å². The van der Waals surface area contributed by atoms with Gasteiger partial charge in [-0.2, -0.15) is 0 Å². The summed E-state index contributed by atoms with van der Waals surface area (Å²) in [5, 5.41) is 14.2. The van der Waals surface area contributed by atoms with Crippen molar-refractivity contribution in [1.29, 1.82) is 0 Å². The number of carbonyl (C=O) groups is 3. The van der Waals surface area contributed by atoms with Crippen molar-refractivity contribution in [1.82, 2.24) is 10.2 Å². The van der Waals surface area contributed by atoms with Crippen molar-refractivity contribution in [3.8, 4) is 28.4 Å². The van der Waals surface area contributed by atoms with Gasteiger partial charge in [-0.1, -0.05) is 115 Å². The van der Waals surface area contributed by atoms with Gasteiger partial charge < -0.3 is 29.5 Å². The van der Waals surface area contributed by atoms with Crippen LogP contribution in [0.15, 0.2) is 133 Å². The fraction of sp³-hybridized carbons (Fsp3) is 0.235. The number of ether oxygens (including phenoxy) is 3. The van der Waals surface area contributed by atoms with E-state index in [1.807, 2.05) is 97.1 Å². The Morgan fingerprint density at radius 3 is 2.14 bits per heavy atom. The summed E-state index contributed by atoms with van der Waals surface area (Å²) in [4.78, 5) is 44.9. The first-order valence-electron chi connectivity index (χ1n) is 20.8. The number of carboxylic acids is 1. The molecule has 2 N–H and O–H groups in total. The zero-order chi connectivity index (χ0) is 44.2. The van der Waals surface area contributed by atoms with Gasteiger partial charge in [0.15, 0.2) is 0 Å². The number of hydrogen-bond donors (Lipinski definition) is 2. The van der Waals surface area contributed by atoms with Crippen LogP contribution in [0.1, 0.15) is 58.9 Å². The van der Waals surface area contributed by atoms with Gasteiger partial charge in [0, 0.05) is 31.6 Å². The second-order valence-corrected chi connectivity index (χ2v) is 16.7. The van der Waals surface area contributed by atoms with Crippen molar-refractivity contribution >= 4 is 46.7 Å². The van der Waals surface area contributed by atoms with Crippen molar-refractivity contribution in [2.24, 2.45) is 0 Å². The van der Waals surface area contributed by atoms with Crippen LogP contribution in [0.5, 0.6) is 17.2 Å². The molecule has 0 radical (unpaired) electrons. The van der Waals surface area contributed by atoms with Crippen LogP contribution in [0.3, 0.4) is 0 Å². The van der Waals surface area contributed by atoms with Gasteiger partial charge in [-0.25, -0.2) is 4.79 Å². The number of anilines is 1. The van der Waals surface area contributed by atoms with Gasteiger partial charge in [0.25, 0.3) is 5.91 Å². The summed E-state index contributed by atoms with van der Waals surface area (Å²) >= 11 is 12.2. The predicted molar refractivity (Wildman–Crippen MR) is 245 cm³/mol. The van der Waals surface area contributed by atoms with Gasteiger partial charge in [0.1, 0.15) is 29.9 Å². The molecule has 12 heteroatoms. The molecule has 2 heterocycles. The minimum Gasteiger partial charge on any atom is -0.497 e. The minimum absolute atomic E-state index is 0.108. The number of carboxylic acid groups (broad SMARTS) is 1. The molecule has 2 aliphatic rings. The fourth-order valence-electron chi connectivity index (χ4n) is 8.43. The second-order valence-electron chi connectivity index (χ2n) is 15.8. The average Bonchev–Trinajstić information content (AvgIpc) is 3.30. The Morgan fingerprint density at radius 1 is 0.825 bits per heavy atom. The number of halogens is 2. The molecule has 2 amide bonds. The van der Waals surface area contributed by atoms with Crippen LogP contribution in [-0.4, -0.2) is 54.0 Å². The monoisotopic (exact) mass is 883 g/mol. The Kier molecular flexibility index (Phi) is 13.0. The number of amides is 2. The van der Waals surface area contributed by atoms with E-state index >= 15 is 0 Å². The van der Waals surface area contributed by atoms with E-state index in [1.54, 1.807) is 43.3 Å². The molecule has 0 aliphatic carbocycles. The van der Waals surface area contributed by atoms with Crippen LogP contribution < -0.4 is 24.4 Å². The van der Waals surface area contributed by atoms with E-state index in [4.69, 9.17) is 37.4 Å². The van der Waals surface area contributed by atoms with Gasteiger partial charge in [-0.3, -0.25) is 14.5 Å². The highest BCUT2D eigenvalue weighted by molar-refractivity contribution is 6.42. The quantitative estimate of drug-likeness (QED) is 0.111. The highest BCUT2D eigenvalue weighted by Crippen LogP contribution is 2.43. The lowest BCUT2D eigenvalue weighted by Crippen LogP contribution is -2.55. The first-order chi connectivity index (χ1) is 30.5. The molecule has 63 heavy (non-hydrogen) atoms. The maximum atomic E-state index is 14.5. The average molecular weight is 885 g/mol. The van der Waals surface area contributed by atoms with E-state index in [2.05, 4.69) is 29.3 Å². The third kappa shape index (κ3) is 9.54. The highest BCUT2D eigenvalue weighted by atomic mass is 35.5. The van der Waals surface area contributed by atoms with Crippen LogP contribution in [0.4, 0.5) is 5.69 Å². The summed E-state index contributed by atoms with van der Waals surface area (Å²) in [6.45, 7) is 2.78. The normalized spacial score (nSPS) is 16.8. The molecule has 0 saturated carbocycles. The van der Waals surface area contributed by atoms with E-state index < -0.39 is 24.2 Å². The van der Waals surface area contributed by atoms with Gasteiger partial charge in [0.2, 0.25) is 12.0 Å². The number of benzene rings is 6. The van der Waals surface area contributed by atoms with Crippen molar-refractivity contribution < 1.29 is 33.7 Å². The Labute approximate surface area is 376 Å². The first-order valence-corrected chi connectivity index (χ1v) is 21.6. The number of nitrogens with one attached hydrogen (secondary N) is 1. The number of aliphatic carboxylic acids is 1. The van der Waals surface area contributed by atoms with Gasteiger partial charge in [0.05, 0.1) is 28.9 Å². The molecule has 2 aliphatic heterocycles. The van der Waals surface area contributed by atoms with Gasteiger partial charge in [-0.15, -0.1) is 0 Å². The molecule has 0 aromatic heterocycles. The molecule has 2 unspecified atom stereocenters.